The molecule has 7 heteroatoms. The molecule has 0 spiro atoms. The molecule has 1 rings (SSSR count). The largest absolute Gasteiger partial charge is 0.493 e. The summed E-state index contributed by atoms with van der Waals surface area (Å²) in [6.07, 6.45) is 3.26. The number of hydrogen-bond acceptors (Lipinski definition) is 5. The van der Waals surface area contributed by atoms with Crippen LogP contribution in [0.5, 0.6) is 0 Å². The first-order valence-electron chi connectivity index (χ1n) is 8.28. The topological polar surface area (TPSA) is 105 Å². The van der Waals surface area contributed by atoms with Crippen LogP contribution in [0, 0.1) is 0 Å². The number of amides is 2. The molecule has 0 saturated carbocycles. The first-order valence-corrected chi connectivity index (χ1v) is 8.28. The highest BCUT2D eigenvalue weighted by Crippen LogP contribution is 2.17. The summed E-state index contributed by atoms with van der Waals surface area (Å²) >= 11 is 0. The number of hydrogen-bond donors (Lipinski definition) is 3. The van der Waals surface area contributed by atoms with Crippen molar-refractivity contribution in [1.29, 1.82) is 0 Å². The number of aliphatic hydroxyl groups excluding tert-OH is 1. The van der Waals surface area contributed by atoms with Gasteiger partial charge in [0.2, 0.25) is 5.91 Å². The Bertz CT molecular complexity index is 545. The fourth-order valence-corrected chi connectivity index (χ4v) is 2.45. The molecule has 0 aromatic heterocycles. The van der Waals surface area contributed by atoms with Crippen molar-refractivity contribution in [3.63, 3.8) is 0 Å². The molecule has 2 atom stereocenters. The van der Waals surface area contributed by atoms with Crippen LogP contribution in [0.15, 0.2) is 36.8 Å². The van der Waals surface area contributed by atoms with Gasteiger partial charge in [-0.1, -0.05) is 13.2 Å². The van der Waals surface area contributed by atoms with Crippen molar-refractivity contribution >= 4 is 11.8 Å². The molecular weight excluding hydrogens is 322 g/mol. The van der Waals surface area contributed by atoms with E-state index in [0.29, 0.717) is 30.8 Å². The van der Waals surface area contributed by atoms with Gasteiger partial charge >= 0.3 is 0 Å². The molecule has 0 aromatic carbocycles. The highest BCUT2D eigenvalue weighted by Gasteiger charge is 2.23. The molecule has 0 aromatic rings. The van der Waals surface area contributed by atoms with Crippen LogP contribution in [0.3, 0.4) is 0 Å². The van der Waals surface area contributed by atoms with E-state index >= 15 is 0 Å². The van der Waals surface area contributed by atoms with E-state index < -0.39 is 23.8 Å². The second-order valence-electron chi connectivity index (χ2n) is 7.05. The molecule has 1 heterocycles. The molecule has 0 bridgehead atoms. The molecule has 0 aliphatic carbocycles. The quantitative estimate of drug-likeness (QED) is 0.405. The average molecular weight is 351 g/mol. The summed E-state index contributed by atoms with van der Waals surface area (Å²) in [6.45, 7) is 13.6. The summed E-state index contributed by atoms with van der Waals surface area (Å²) < 4.78 is 5.59. The number of carbonyl (C=O) groups is 2. The summed E-state index contributed by atoms with van der Waals surface area (Å²) in [5, 5.41) is 12.9. The lowest BCUT2D eigenvalue weighted by Gasteiger charge is -2.26. The van der Waals surface area contributed by atoms with Crippen LogP contribution in [0.2, 0.25) is 0 Å². The van der Waals surface area contributed by atoms with Gasteiger partial charge < -0.3 is 20.5 Å². The van der Waals surface area contributed by atoms with Gasteiger partial charge in [-0.2, -0.15) is 0 Å². The van der Waals surface area contributed by atoms with E-state index in [0.717, 1.165) is 0 Å². The van der Waals surface area contributed by atoms with E-state index in [4.69, 9.17) is 10.5 Å². The number of nitrogens with zero attached hydrogens (tertiary/aromatic N) is 1. The fraction of sp³-hybridized carbons (Fsp3) is 0.556. The summed E-state index contributed by atoms with van der Waals surface area (Å²) in [4.78, 5) is 24.7. The van der Waals surface area contributed by atoms with Crippen molar-refractivity contribution in [2.24, 2.45) is 5.73 Å². The van der Waals surface area contributed by atoms with E-state index in [1.54, 1.807) is 6.08 Å². The summed E-state index contributed by atoms with van der Waals surface area (Å²) in [6, 6.07) is -0.782. The predicted octanol–water partition coefficient (Wildman–Crippen LogP) is 1.16. The Hall–Kier alpha value is -2.12. The number of primary amides is 1. The Kier molecular flexibility index (Phi) is 7.38. The maximum Gasteiger partial charge on any atom is 0.251 e. The number of ether oxygens (including phenoxy) is 1. The number of rotatable bonds is 10. The van der Waals surface area contributed by atoms with E-state index in [1.165, 1.54) is 11.0 Å². The Morgan fingerprint density at radius 2 is 2.08 bits per heavy atom. The molecule has 4 N–H and O–H groups in total. The van der Waals surface area contributed by atoms with Crippen LogP contribution in [0.1, 0.15) is 40.0 Å². The molecular formula is C18H29N3O4. The Labute approximate surface area is 149 Å². The number of carbonyl (C=O) groups excluding carboxylic acids is 2. The Morgan fingerprint density at radius 1 is 1.44 bits per heavy atom. The second kappa shape index (κ2) is 8.82. The molecule has 0 fully saturated rings. The van der Waals surface area contributed by atoms with Gasteiger partial charge in [0, 0.05) is 24.7 Å². The van der Waals surface area contributed by atoms with Crippen molar-refractivity contribution in [2.75, 3.05) is 6.54 Å². The minimum absolute atomic E-state index is 0.113. The van der Waals surface area contributed by atoms with Crippen LogP contribution in [0.25, 0.3) is 0 Å². The third-order valence-electron chi connectivity index (χ3n) is 3.51. The normalized spacial score (nSPS) is 16.9. The summed E-state index contributed by atoms with van der Waals surface area (Å²) in [5.74, 6) is -0.288. The first-order chi connectivity index (χ1) is 11.5. The van der Waals surface area contributed by atoms with Gasteiger partial charge in [-0.3, -0.25) is 14.9 Å². The van der Waals surface area contributed by atoms with Crippen molar-refractivity contribution < 1.29 is 19.4 Å². The molecule has 7 nitrogen and oxygen atoms in total. The van der Waals surface area contributed by atoms with Crippen molar-refractivity contribution in [3.05, 3.63) is 36.8 Å². The van der Waals surface area contributed by atoms with Gasteiger partial charge in [-0.25, -0.2) is 0 Å². The van der Waals surface area contributed by atoms with Crippen LogP contribution in [-0.4, -0.2) is 46.2 Å². The summed E-state index contributed by atoms with van der Waals surface area (Å²) in [7, 11) is 0. The Balaban J connectivity index is 2.41. The number of nitrogens with one attached hydrogen (secondary N) is 1. The molecule has 2 amide bonds. The number of aliphatic hydroxyl groups is 1. The lowest BCUT2D eigenvalue weighted by atomic mass is 10.1. The van der Waals surface area contributed by atoms with E-state index in [2.05, 4.69) is 18.5 Å². The molecule has 140 valence electrons. The van der Waals surface area contributed by atoms with Gasteiger partial charge in [0.15, 0.2) is 0 Å². The van der Waals surface area contributed by atoms with Crippen LogP contribution in [-0.2, 0) is 14.3 Å². The van der Waals surface area contributed by atoms with Crippen LogP contribution < -0.4 is 11.1 Å². The van der Waals surface area contributed by atoms with Gasteiger partial charge in [-0.15, -0.1) is 0 Å². The minimum Gasteiger partial charge on any atom is -0.493 e. The molecule has 1 aliphatic heterocycles. The predicted molar refractivity (Wildman–Crippen MR) is 95.9 cm³/mol. The molecule has 0 radical (unpaired) electrons. The maximum atomic E-state index is 11.6. The zero-order valence-electron chi connectivity index (χ0n) is 15.2. The average Bonchev–Trinajstić information content (AvgIpc) is 2.76. The zero-order valence-corrected chi connectivity index (χ0v) is 15.2. The maximum absolute atomic E-state index is 11.6. The smallest absolute Gasteiger partial charge is 0.251 e. The Morgan fingerprint density at radius 3 is 2.56 bits per heavy atom. The van der Waals surface area contributed by atoms with E-state index in [1.807, 2.05) is 20.8 Å². The second-order valence-corrected chi connectivity index (χ2v) is 7.05. The third kappa shape index (κ3) is 7.53. The SMILES string of the molecule is C=C(CC(NC(O)CCCN1C(=C)C=CC1=O)C(N)=O)OC(C)(C)C. The molecule has 0 saturated heterocycles. The van der Waals surface area contributed by atoms with Gasteiger partial charge in [-0.05, 0) is 39.7 Å². The van der Waals surface area contributed by atoms with E-state index in [-0.39, 0.29) is 12.3 Å². The van der Waals surface area contributed by atoms with Crippen LogP contribution >= 0.6 is 0 Å². The van der Waals surface area contributed by atoms with Crippen molar-refractivity contribution in [2.45, 2.75) is 57.9 Å². The van der Waals surface area contributed by atoms with E-state index in [9.17, 15) is 14.7 Å². The highest BCUT2D eigenvalue weighted by molar-refractivity contribution is 5.92. The van der Waals surface area contributed by atoms with Gasteiger partial charge in [0.25, 0.3) is 5.91 Å². The molecule has 1 aliphatic rings. The van der Waals surface area contributed by atoms with Gasteiger partial charge in [0.1, 0.15) is 11.8 Å². The lowest BCUT2D eigenvalue weighted by Crippen LogP contribution is -2.47. The highest BCUT2D eigenvalue weighted by atomic mass is 16.5. The third-order valence-corrected chi connectivity index (χ3v) is 3.51. The van der Waals surface area contributed by atoms with Gasteiger partial charge in [0.05, 0.1) is 11.8 Å². The van der Waals surface area contributed by atoms with Crippen molar-refractivity contribution in [3.8, 4) is 0 Å². The molecule has 25 heavy (non-hydrogen) atoms. The summed E-state index contributed by atoms with van der Waals surface area (Å²) in [5.41, 5.74) is 5.60. The lowest BCUT2D eigenvalue weighted by molar-refractivity contribution is -0.123. The minimum atomic E-state index is -0.932. The van der Waals surface area contributed by atoms with Crippen molar-refractivity contribution in [1.82, 2.24) is 10.2 Å². The monoisotopic (exact) mass is 351 g/mol. The number of nitrogens with two attached hydrogens (primary N) is 1. The molecule has 2 unspecified atom stereocenters. The van der Waals surface area contributed by atoms with Crippen LogP contribution in [0.4, 0.5) is 0 Å². The fourth-order valence-electron chi connectivity index (χ4n) is 2.45. The first kappa shape index (κ1) is 20.9. The standard InChI is InChI=1S/C18H29N3O4/c1-12-8-9-16(23)21(12)10-6-7-15(22)20-14(17(19)24)11-13(2)25-18(3,4)5/h8-9,14-15,20,22H,1-2,6-7,10-11H2,3-5H3,(H2,19,24). The zero-order chi connectivity index (χ0) is 19.2. The number of allylic oxidation sites excluding steroid dienone is 1.